The van der Waals surface area contributed by atoms with E-state index in [-0.39, 0.29) is 0 Å². The van der Waals surface area contributed by atoms with Crippen LogP contribution in [0.15, 0.2) is 265 Å². The molecule has 0 aliphatic heterocycles. The van der Waals surface area contributed by atoms with Crippen molar-refractivity contribution in [2.75, 3.05) is 9.80 Å². The van der Waals surface area contributed by atoms with Crippen LogP contribution in [0, 0.1) is 0 Å². The Balaban J connectivity index is 0.880. The number of anilines is 6. The summed E-state index contributed by atoms with van der Waals surface area (Å²) in [5.41, 5.74) is 16.4. The number of thiophene rings is 1. The molecule has 4 nitrogen and oxygen atoms in total. The average molecular weight is 926 g/mol. The molecule has 0 aliphatic carbocycles. The standard InChI is InChI=1S/C66H43N3OS/c1-4-15-44(16-5-1)45-27-31-51(32-28-45)68(54-36-39-62-57(42-54)55-23-10-12-25-61(55)70-62)52-22-14-17-47(41-52)46-29-33-50(34-30-46)67(48-18-6-2-7-19-48)53-35-37-59-58(43-53)65-60(69(59)49-20-8-3-9-21-49)38-40-64-66(65)56-24-11-13-26-63(56)71-64/h1-43H. The molecule has 3 aromatic heterocycles. The van der Waals surface area contributed by atoms with Crippen LogP contribution in [0.4, 0.5) is 34.1 Å². The molecule has 0 saturated carbocycles. The second kappa shape index (κ2) is 16.8. The van der Waals surface area contributed by atoms with Crippen LogP contribution < -0.4 is 9.80 Å². The first kappa shape index (κ1) is 40.9. The molecule has 0 saturated heterocycles. The predicted molar refractivity (Wildman–Crippen MR) is 301 cm³/mol. The summed E-state index contributed by atoms with van der Waals surface area (Å²) in [6.45, 7) is 0. The zero-order chi connectivity index (χ0) is 46.8. The molecule has 334 valence electrons. The van der Waals surface area contributed by atoms with Gasteiger partial charge in [0.05, 0.1) is 11.0 Å². The Morgan fingerprint density at radius 3 is 1.56 bits per heavy atom. The van der Waals surface area contributed by atoms with E-state index in [0.29, 0.717) is 0 Å². The molecule has 0 spiro atoms. The highest BCUT2D eigenvalue weighted by atomic mass is 32.1. The van der Waals surface area contributed by atoms with E-state index in [1.54, 1.807) is 0 Å². The highest BCUT2D eigenvalue weighted by Gasteiger charge is 2.22. The van der Waals surface area contributed by atoms with E-state index in [2.05, 4.69) is 263 Å². The summed E-state index contributed by atoms with van der Waals surface area (Å²) in [6, 6.07) is 94.1. The number of hydrogen-bond acceptors (Lipinski definition) is 4. The quantitative estimate of drug-likeness (QED) is 0.144. The number of furan rings is 1. The Labute approximate surface area is 414 Å². The summed E-state index contributed by atoms with van der Waals surface area (Å²) in [5, 5.41) is 7.32. The summed E-state index contributed by atoms with van der Waals surface area (Å²) in [6.07, 6.45) is 0. The van der Waals surface area contributed by atoms with Crippen molar-refractivity contribution >= 4 is 109 Å². The van der Waals surface area contributed by atoms with Crippen molar-refractivity contribution < 1.29 is 4.42 Å². The van der Waals surface area contributed by atoms with E-state index in [0.717, 1.165) is 72.9 Å². The number of fused-ring (bicyclic) bond motifs is 10. The zero-order valence-corrected chi connectivity index (χ0v) is 39.3. The summed E-state index contributed by atoms with van der Waals surface area (Å²) in [7, 11) is 0. The van der Waals surface area contributed by atoms with Gasteiger partial charge >= 0.3 is 0 Å². The lowest BCUT2D eigenvalue weighted by Crippen LogP contribution is -2.10. The highest BCUT2D eigenvalue weighted by molar-refractivity contribution is 7.26. The van der Waals surface area contributed by atoms with Gasteiger partial charge in [-0.15, -0.1) is 11.3 Å². The molecule has 0 radical (unpaired) electrons. The van der Waals surface area contributed by atoms with Gasteiger partial charge < -0.3 is 18.8 Å². The first-order valence-electron chi connectivity index (χ1n) is 24.1. The Morgan fingerprint density at radius 2 is 0.803 bits per heavy atom. The Kier molecular flexibility index (Phi) is 9.68. The number of hydrogen-bond donors (Lipinski definition) is 0. The van der Waals surface area contributed by atoms with Gasteiger partial charge in [0, 0.05) is 81.5 Å². The molecule has 0 fully saturated rings. The third kappa shape index (κ3) is 6.97. The third-order valence-electron chi connectivity index (χ3n) is 14.0. The molecule has 11 aromatic carbocycles. The van der Waals surface area contributed by atoms with Crippen LogP contribution in [0.1, 0.15) is 0 Å². The van der Waals surface area contributed by atoms with Gasteiger partial charge in [0.1, 0.15) is 11.2 Å². The van der Waals surface area contributed by atoms with Crippen LogP contribution in [0.3, 0.4) is 0 Å². The van der Waals surface area contributed by atoms with Crippen LogP contribution >= 0.6 is 11.3 Å². The van der Waals surface area contributed by atoms with E-state index in [9.17, 15) is 0 Å². The zero-order valence-electron chi connectivity index (χ0n) is 38.5. The SMILES string of the molecule is c1ccc(-c2ccc(N(c3cccc(-c4ccc(N(c5ccccc5)c5ccc6c(c5)c5c7c(ccc5n6-c5ccccc5)sc5ccccc57)cc4)c3)c3ccc4oc5ccccc5c4c3)cc2)cc1. The minimum absolute atomic E-state index is 0.875. The van der Waals surface area contributed by atoms with Gasteiger partial charge in [-0.05, 0) is 144 Å². The number of nitrogens with zero attached hydrogens (tertiary/aromatic N) is 3. The normalized spacial score (nSPS) is 11.7. The molecular formula is C66H43N3OS. The van der Waals surface area contributed by atoms with Crippen molar-refractivity contribution in [1.29, 1.82) is 0 Å². The number of rotatable bonds is 9. The maximum Gasteiger partial charge on any atom is 0.135 e. The molecule has 71 heavy (non-hydrogen) atoms. The van der Waals surface area contributed by atoms with E-state index >= 15 is 0 Å². The summed E-state index contributed by atoms with van der Waals surface area (Å²) >= 11 is 1.87. The molecule has 0 unspecified atom stereocenters. The molecule has 0 N–H and O–H groups in total. The fraction of sp³-hybridized carbons (Fsp3) is 0. The fourth-order valence-electron chi connectivity index (χ4n) is 10.7. The summed E-state index contributed by atoms with van der Waals surface area (Å²) in [5.74, 6) is 0. The maximum absolute atomic E-state index is 6.28. The molecule has 5 heteroatoms. The largest absolute Gasteiger partial charge is 0.456 e. The van der Waals surface area contributed by atoms with Crippen molar-refractivity contribution in [2.24, 2.45) is 0 Å². The number of benzene rings is 11. The molecular weight excluding hydrogens is 883 g/mol. The van der Waals surface area contributed by atoms with Crippen molar-refractivity contribution in [2.45, 2.75) is 0 Å². The lowest BCUT2D eigenvalue weighted by Gasteiger charge is -2.27. The Hall–Kier alpha value is -9.16. The van der Waals surface area contributed by atoms with E-state index < -0.39 is 0 Å². The second-order valence-electron chi connectivity index (χ2n) is 18.1. The first-order chi connectivity index (χ1) is 35.2. The van der Waals surface area contributed by atoms with Crippen LogP contribution in [0.5, 0.6) is 0 Å². The van der Waals surface area contributed by atoms with E-state index in [1.807, 2.05) is 23.5 Å². The van der Waals surface area contributed by atoms with Gasteiger partial charge in [-0.1, -0.05) is 140 Å². The van der Waals surface area contributed by atoms with Crippen LogP contribution in [-0.2, 0) is 0 Å². The van der Waals surface area contributed by atoms with Crippen molar-refractivity contribution in [3.63, 3.8) is 0 Å². The van der Waals surface area contributed by atoms with Crippen LogP contribution in [0.2, 0.25) is 0 Å². The lowest BCUT2D eigenvalue weighted by molar-refractivity contribution is 0.669. The highest BCUT2D eigenvalue weighted by Crippen LogP contribution is 2.46. The third-order valence-corrected chi connectivity index (χ3v) is 15.1. The van der Waals surface area contributed by atoms with Gasteiger partial charge in [0.15, 0.2) is 0 Å². The van der Waals surface area contributed by atoms with E-state index in [4.69, 9.17) is 4.42 Å². The second-order valence-corrected chi connectivity index (χ2v) is 19.2. The van der Waals surface area contributed by atoms with Crippen molar-refractivity contribution in [3.05, 3.63) is 261 Å². The first-order valence-corrected chi connectivity index (χ1v) is 24.9. The molecule has 0 atom stereocenters. The summed E-state index contributed by atoms with van der Waals surface area (Å²) < 4.78 is 11.3. The Morgan fingerprint density at radius 1 is 0.296 bits per heavy atom. The lowest BCUT2D eigenvalue weighted by atomic mass is 10.0. The van der Waals surface area contributed by atoms with Crippen molar-refractivity contribution in [3.8, 4) is 27.9 Å². The molecule has 0 aliphatic rings. The monoisotopic (exact) mass is 925 g/mol. The Bertz CT molecular complexity index is 4270. The van der Waals surface area contributed by atoms with Gasteiger partial charge in [-0.2, -0.15) is 0 Å². The minimum atomic E-state index is 0.875. The van der Waals surface area contributed by atoms with E-state index in [1.165, 1.54) is 53.1 Å². The molecule has 0 bridgehead atoms. The molecule has 0 amide bonds. The van der Waals surface area contributed by atoms with Gasteiger partial charge in [-0.25, -0.2) is 0 Å². The summed E-state index contributed by atoms with van der Waals surface area (Å²) in [4.78, 5) is 4.73. The average Bonchev–Trinajstić information content (AvgIpc) is 4.12. The molecule has 14 aromatic rings. The maximum atomic E-state index is 6.28. The van der Waals surface area contributed by atoms with Crippen LogP contribution in [-0.4, -0.2) is 4.57 Å². The van der Waals surface area contributed by atoms with Gasteiger partial charge in [-0.3, -0.25) is 0 Å². The predicted octanol–water partition coefficient (Wildman–Crippen LogP) is 19.3. The smallest absolute Gasteiger partial charge is 0.135 e. The van der Waals surface area contributed by atoms with Crippen molar-refractivity contribution in [1.82, 2.24) is 4.57 Å². The van der Waals surface area contributed by atoms with Crippen LogP contribution in [0.25, 0.3) is 91.9 Å². The topological polar surface area (TPSA) is 24.6 Å². The minimum Gasteiger partial charge on any atom is -0.456 e. The van der Waals surface area contributed by atoms with Gasteiger partial charge in [0.2, 0.25) is 0 Å². The molecule has 3 heterocycles. The number of aromatic nitrogens is 1. The molecule has 14 rings (SSSR count). The van der Waals surface area contributed by atoms with Gasteiger partial charge in [0.25, 0.3) is 0 Å². The fourth-order valence-corrected chi connectivity index (χ4v) is 11.8. The number of para-hydroxylation sites is 3.